The van der Waals surface area contributed by atoms with Gasteiger partial charge in [0.25, 0.3) is 0 Å². The molecular formula is C20H22ClN3O3. The van der Waals surface area contributed by atoms with E-state index < -0.39 is 0 Å². The number of halogens is 1. The van der Waals surface area contributed by atoms with Crippen molar-refractivity contribution in [1.82, 2.24) is 10.2 Å². The number of benzene rings is 2. The molecule has 3 rings (SSSR count). The Bertz CT molecular complexity index is 792. The lowest BCUT2D eigenvalue weighted by molar-refractivity contribution is -0.109. The van der Waals surface area contributed by atoms with E-state index in [4.69, 9.17) is 16.3 Å². The molecule has 1 aliphatic heterocycles. The minimum absolute atomic E-state index is 0.0479. The molecule has 1 aliphatic rings. The van der Waals surface area contributed by atoms with Crippen LogP contribution < -0.4 is 15.4 Å². The highest BCUT2D eigenvalue weighted by Crippen LogP contribution is 2.27. The SMILES string of the molecule is O=CNCc1cccc(NC(=O)N2CCC(Oc3ccccc3Cl)CC2)c1. The van der Waals surface area contributed by atoms with Gasteiger partial charge in [0.05, 0.1) is 5.02 Å². The molecule has 1 fully saturated rings. The smallest absolute Gasteiger partial charge is 0.321 e. The van der Waals surface area contributed by atoms with Gasteiger partial charge in [-0.3, -0.25) is 4.79 Å². The van der Waals surface area contributed by atoms with Crippen LogP contribution in [0, 0.1) is 0 Å². The number of piperidine rings is 1. The number of nitrogens with zero attached hydrogens (tertiary/aromatic N) is 1. The molecule has 0 aromatic heterocycles. The van der Waals surface area contributed by atoms with Crippen molar-refractivity contribution in [1.29, 1.82) is 0 Å². The van der Waals surface area contributed by atoms with Gasteiger partial charge in [0.1, 0.15) is 11.9 Å². The van der Waals surface area contributed by atoms with Crippen LogP contribution in [0.3, 0.4) is 0 Å². The van der Waals surface area contributed by atoms with Gasteiger partial charge in [-0.15, -0.1) is 0 Å². The lowest BCUT2D eigenvalue weighted by atomic mass is 10.1. The fraction of sp³-hybridized carbons (Fsp3) is 0.300. The van der Waals surface area contributed by atoms with Gasteiger partial charge in [0, 0.05) is 38.2 Å². The minimum atomic E-state index is -0.133. The minimum Gasteiger partial charge on any atom is -0.489 e. The Morgan fingerprint density at radius 2 is 1.96 bits per heavy atom. The summed E-state index contributed by atoms with van der Waals surface area (Å²) in [6, 6.07) is 14.7. The third-order valence-corrected chi connectivity index (χ3v) is 4.74. The van der Waals surface area contributed by atoms with Gasteiger partial charge in [-0.1, -0.05) is 35.9 Å². The van der Waals surface area contributed by atoms with E-state index in [1.165, 1.54) is 0 Å². The highest BCUT2D eigenvalue weighted by Gasteiger charge is 2.24. The molecule has 2 N–H and O–H groups in total. The summed E-state index contributed by atoms with van der Waals surface area (Å²) in [6.07, 6.45) is 2.20. The summed E-state index contributed by atoms with van der Waals surface area (Å²) in [5.74, 6) is 0.683. The fourth-order valence-electron chi connectivity index (χ4n) is 3.02. The molecule has 0 radical (unpaired) electrons. The first-order chi connectivity index (χ1) is 13.2. The van der Waals surface area contributed by atoms with Crippen molar-refractivity contribution in [3.8, 4) is 5.75 Å². The van der Waals surface area contributed by atoms with E-state index in [1.807, 2.05) is 42.5 Å². The standard InChI is InChI=1S/C20H22ClN3O3/c21-18-6-1-2-7-19(18)27-17-8-10-24(11-9-17)20(26)23-16-5-3-4-15(12-16)13-22-14-25/h1-7,12,14,17H,8-11,13H2,(H,22,25)(H,23,26). The Morgan fingerprint density at radius 1 is 1.19 bits per heavy atom. The summed E-state index contributed by atoms with van der Waals surface area (Å²) in [5, 5.41) is 6.12. The first-order valence-electron chi connectivity index (χ1n) is 8.89. The van der Waals surface area contributed by atoms with Crippen LogP contribution in [0.1, 0.15) is 18.4 Å². The van der Waals surface area contributed by atoms with Gasteiger partial charge in [0.15, 0.2) is 0 Å². The molecule has 0 saturated carbocycles. The number of carbonyl (C=O) groups is 2. The van der Waals surface area contributed by atoms with E-state index in [-0.39, 0.29) is 12.1 Å². The Kier molecular flexibility index (Phi) is 6.54. The van der Waals surface area contributed by atoms with Crippen molar-refractivity contribution in [2.24, 2.45) is 0 Å². The predicted octanol–water partition coefficient (Wildman–Crippen LogP) is 3.66. The van der Waals surface area contributed by atoms with Crippen molar-refractivity contribution in [3.63, 3.8) is 0 Å². The molecule has 7 heteroatoms. The molecule has 3 amide bonds. The van der Waals surface area contributed by atoms with Crippen LogP contribution in [-0.4, -0.2) is 36.5 Å². The summed E-state index contributed by atoms with van der Waals surface area (Å²) >= 11 is 6.13. The second kappa shape index (κ2) is 9.28. The van der Waals surface area contributed by atoms with Crippen LogP contribution in [0.25, 0.3) is 0 Å². The fourth-order valence-corrected chi connectivity index (χ4v) is 3.20. The Labute approximate surface area is 163 Å². The van der Waals surface area contributed by atoms with Crippen LogP contribution in [0.4, 0.5) is 10.5 Å². The summed E-state index contributed by atoms with van der Waals surface area (Å²) in [5.41, 5.74) is 1.63. The molecule has 0 bridgehead atoms. The largest absolute Gasteiger partial charge is 0.489 e. The lowest BCUT2D eigenvalue weighted by Gasteiger charge is -2.32. The van der Waals surface area contributed by atoms with E-state index >= 15 is 0 Å². The lowest BCUT2D eigenvalue weighted by Crippen LogP contribution is -2.43. The number of hydrogen-bond acceptors (Lipinski definition) is 3. The first-order valence-corrected chi connectivity index (χ1v) is 9.26. The number of anilines is 1. The maximum atomic E-state index is 12.5. The van der Waals surface area contributed by atoms with Crippen LogP contribution >= 0.6 is 11.6 Å². The molecular weight excluding hydrogens is 366 g/mol. The van der Waals surface area contributed by atoms with Crippen molar-refractivity contribution in [2.45, 2.75) is 25.5 Å². The van der Waals surface area contributed by atoms with Crippen molar-refractivity contribution < 1.29 is 14.3 Å². The zero-order valence-corrected chi connectivity index (χ0v) is 15.6. The third-order valence-electron chi connectivity index (χ3n) is 4.43. The monoisotopic (exact) mass is 387 g/mol. The van der Waals surface area contributed by atoms with E-state index in [1.54, 1.807) is 11.0 Å². The van der Waals surface area contributed by atoms with Gasteiger partial charge < -0.3 is 20.3 Å². The highest BCUT2D eigenvalue weighted by atomic mass is 35.5. The summed E-state index contributed by atoms with van der Waals surface area (Å²) in [7, 11) is 0. The van der Waals surface area contributed by atoms with Crippen LogP contribution in [0.5, 0.6) is 5.75 Å². The molecule has 0 atom stereocenters. The number of hydrogen-bond donors (Lipinski definition) is 2. The van der Waals surface area contributed by atoms with Crippen LogP contribution in [-0.2, 0) is 11.3 Å². The zero-order valence-electron chi connectivity index (χ0n) is 14.9. The molecule has 0 unspecified atom stereocenters. The maximum Gasteiger partial charge on any atom is 0.321 e. The second-order valence-corrected chi connectivity index (χ2v) is 6.77. The number of nitrogens with one attached hydrogen (secondary N) is 2. The van der Waals surface area contributed by atoms with Crippen molar-refractivity contribution in [3.05, 3.63) is 59.1 Å². The summed E-state index contributed by atoms with van der Waals surface area (Å²) in [6.45, 7) is 1.67. The second-order valence-electron chi connectivity index (χ2n) is 6.36. The number of likely N-dealkylation sites (tertiary alicyclic amines) is 1. The van der Waals surface area contributed by atoms with E-state index in [9.17, 15) is 9.59 Å². The van der Waals surface area contributed by atoms with Gasteiger partial charge >= 0.3 is 6.03 Å². The van der Waals surface area contributed by atoms with Gasteiger partial charge in [-0.05, 0) is 29.8 Å². The van der Waals surface area contributed by atoms with E-state index in [0.717, 1.165) is 18.4 Å². The average molecular weight is 388 g/mol. The Morgan fingerprint density at radius 3 is 2.70 bits per heavy atom. The Balaban J connectivity index is 1.50. The Hall–Kier alpha value is -2.73. The molecule has 0 spiro atoms. The quantitative estimate of drug-likeness (QED) is 0.743. The van der Waals surface area contributed by atoms with Gasteiger partial charge in [-0.25, -0.2) is 4.79 Å². The van der Waals surface area contributed by atoms with Gasteiger partial charge in [0.2, 0.25) is 6.41 Å². The number of carbonyl (C=O) groups excluding carboxylic acids is 2. The summed E-state index contributed by atoms with van der Waals surface area (Å²) < 4.78 is 5.96. The summed E-state index contributed by atoms with van der Waals surface area (Å²) in [4.78, 5) is 24.7. The number of ether oxygens (including phenoxy) is 1. The normalized spacial score (nSPS) is 14.5. The number of urea groups is 1. The molecule has 27 heavy (non-hydrogen) atoms. The molecule has 2 aromatic carbocycles. The topological polar surface area (TPSA) is 70.7 Å². The molecule has 0 aliphatic carbocycles. The molecule has 142 valence electrons. The molecule has 1 saturated heterocycles. The molecule has 2 aromatic rings. The highest BCUT2D eigenvalue weighted by molar-refractivity contribution is 6.32. The molecule has 1 heterocycles. The average Bonchev–Trinajstić information content (AvgIpc) is 2.69. The van der Waals surface area contributed by atoms with E-state index in [2.05, 4.69) is 10.6 Å². The number of amides is 3. The predicted molar refractivity (Wildman–Crippen MR) is 105 cm³/mol. The maximum absolute atomic E-state index is 12.5. The zero-order chi connectivity index (χ0) is 19.1. The number of para-hydroxylation sites is 1. The van der Waals surface area contributed by atoms with E-state index in [0.29, 0.717) is 42.5 Å². The number of rotatable bonds is 6. The van der Waals surface area contributed by atoms with Gasteiger partial charge in [-0.2, -0.15) is 0 Å². The van der Waals surface area contributed by atoms with Crippen LogP contribution in [0.2, 0.25) is 5.02 Å². The molecule has 6 nitrogen and oxygen atoms in total. The van der Waals surface area contributed by atoms with Crippen molar-refractivity contribution >= 4 is 29.7 Å². The van der Waals surface area contributed by atoms with Crippen molar-refractivity contribution in [2.75, 3.05) is 18.4 Å². The van der Waals surface area contributed by atoms with Crippen LogP contribution in [0.15, 0.2) is 48.5 Å². The first kappa shape index (κ1) is 19.0. The third kappa shape index (κ3) is 5.37.